The van der Waals surface area contributed by atoms with Crippen LogP contribution in [0.2, 0.25) is 0 Å². The van der Waals surface area contributed by atoms with Crippen molar-refractivity contribution in [3.05, 3.63) is 0 Å². The van der Waals surface area contributed by atoms with Crippen LogP contribution in [0.15, 0.2) is 0 Å². The van der Waals surface area contributed by atoms with Crippen LogP contribution in [0.4, 0.5) is 0 Å². The summed E-state index contributed by atoms with van der Waals surface area (Å²) in [6.07, 6.45) is 1.16. The molecule has 1 fully saturated rings. The van der Waals surface area contributed by atoms with Gasteiger partial charge in [-0.05, 0) is 25.4 Å². The third-order valence-corrected chi connectivity index (χ3v) is 2.52. The molecule has 1 atom stereocenters. The zero-order chi connectivity index (χ0) is 9.03. The number of hydrogen-bond acceptors (Lipinski definition) is 3. The molecule has 0 spiro atoms. The topological polar surface area (TPSA) is 50.1 Å². The largest absolute Gasteiger partial charge is 0.329 e. The van der Waals surface area contributed by atoms with E-state index in [0.29, 0.717) is 5.92 Å². The van der Waals surface area contributed by atoms with E-state index in [4.69, 9.17) is 5.73 Å². The molecule has 1 rings (SSSR count). The summed E-state index contributed by atoms with van der Waals surface area (Å²) in [4.78, 5) is 0. The van der Waals surface area contributed by atoms with Crippen LogP contribution < -0.4 is 16.4 Å². The zero-order valence-electron chi connectivity index (χ0n) is 8.19. The minimum absolute atomic E-state index is 0.185. The van der Waals surface area contributed by atoms with Crippen molar-refractivity contribution in [2.45, 2.75) is 25.8 Å². The molecule has 1 aliphatic heterocycles. The van der Waals surface area contributed by atoms with Crippen LogP contribution in [-0.2, 0) is 0 Å². The molecule has 0 aromatic carbocycles. The van der Waals surface area contributed by atoms with E-state index in [0.717, 1.165) is 32.6 Å². The molecule has 3 heteroatoms. The van der Waals surface area contributed by atoms with Crippen LogP contribution in [0, 0.1) is 5.92 Å². The van der Waals surface area contributed by atoms with Gasteiger partial charge in [0.1, 0.15) is 0 Å². The number of nitrogens with two attached hydrogens (primary N) is 1. The minimum Gasteiger partial charge on any atom is -0.329 e. The van der Waals surface area contributed by atoms with Gasteiger partial charge in [0.2, 0.25) is 0 Å². The predicted octanol–water partition coefficient (Wildman–Crippen LogP) is -0.0772. The quantitative estimate of drug-likeness (QED) is 0.554. The van der Waals surface area contributed by atoms with E-state index in [1.165, 1.54) is 0 Å². The third kappa shape index (κ3) is 2.44. The summed E-state index contributed by atoms with van der Waals surface area (Å²) < 4.78 is 0. The molecule has 1 aliphatic rings. The lowest BCUT2D eigenvalue weighted by molar-refractivity contribution is 0.342. The normalized spacial score (nSPS) is 30.0. The predicted molar refractivity (Wildman–Crippen MR) is 52.1 cm³/mol. The van der Waals surface area contributed by atoms with E-state index in [9.17, 15) is 0 Å². The standard InChI is InChI=1S/C9H21N3/c1-8(2)5-12-9(6-10)3-4-11-7-9/h8,11-12H,3-7,10H2,1-2H3. The van der Waals surface area contributed by atoms with Gasteiger partial charge in [0.25, 0.3) is 0 Å². The summed E-state index contributed by atoms with van der Waals surface area (Å²) in [6.45, 7) is 8.38. The molecular formula is C9H21N3. The highest BCUT2D eigenvalue weighted by Crippen LogP contribution is 2.12. The van der Waals surface area contributed by atoms with Crippen molar-refractivity contribution in [3.63, 3.8) is 0 Å². The van der Waals surface area contributed by atoms with Crippen molar-refractivity contribution in [2.24, 2.45) is 11.7 Å². The van der Waals surface area contributed by atoms with Crippen molar-refractivity contribution in [3.8, 4) is 0 Å². The SMILES string of the molecule is CC(C)CNC1(CN)CCNC1. The average molecular weight is 171 g/mol. The van der Waals surface area contributed by atoms with Gasteiger partial charge in [-0.25, -0.2) is 0 Å². The Morgan fingerprint density at radius 1 is 1.58 bits per heavy atom. The fraction of sp³-hybridized carbons (Fsp3) is 1.00. The summed E-state index contributed by atoms with van der Waals surface area (Å²) in [7, 11) is 0. The third-order valence-electron chi connectivity index (χ3n) is 2.52. The first-order valence-corrected chi connectivity index (χ1v) is 4.84. The van der Waals surface area contributed by atoms with Gasteiger partial charge in [-0.3, -0.25) is 0 Å². The van der Waals surface area contributed by atoms with Crippen molar-refractivity contribution in [1.29, 1.82) is 0 Å². The molecule has 1 unspecified atom stereocenters. The fourth-order valence-corrected chi connectivity index (χ4v) is 1.56. The summed E-state index contributed by atoms with van der Waals surface area (Å²) in [5.41, 5.74) is 5.94. The van der Waals surface area contributed by atoms with Crippen molar-refractivity contribution < 1.29 is 0 Å². The van der Waals surface area contributed by atoms with E-state index in [1.807, 2.05) is 0 Å². The van der Waals surface area contributed by atoms with Crippen LogP contribution in [-0.4, -0.2) is 31.7 Å². The second kappa shape index (κ2) is 4.21. The lowest BCUT2D eigenvalue weighted by Gasteiger charge is -2.29. The average Bonchev–Trinajstić information content (AvgIpc) is 2.50. The first-order valence-electron chi connectivity index (χ1n) is 4.84. The molecule has 72 valence electrons. The molecule has 0 saturated carbocycles. The lowest BCUT2D eigenvalue weighted by atomic mass is 9.98. The van der Waals surface area contributed by atoms with E-state index < -0.39 is 0 Å². The molecule has 0 aliphatic carbocycles. The van der Waals surface area contributed by atoms with Gasteiger partial charge in [-0.2, -0.15) is 0 Å². The second-order valence-electron chi connectivity index (χ2n) is 4.19. The Labute approximate surface area is 75.1 Å². The number of hydrogen-bond donors (Lipinski definition) is 3. The monoisotopic (exact) mass is 171 g/mol. The van der Waals surface area contributed by atoms with Crippen LogP contribution in [0.3, 0.4) is 0 Å². The van der Waals surface area contributed by atoms with E-state index in [-0.39, 0.29) is 5.54 Å². The molecular weight excluding hydrogens is 150 g/mol. The maximum absolute atomic E-state index is 5.75. The molecule has 1 heterocycles. The highest BCUT2D eigenvalue weighted by atomic mass is 15.1. The lowest BCUT2D eigenvalue weighted by Crippen LogP contribution is -2.53. The van der Waals surface area contributed by atoms with Crippen LogP contribution in [0.25, 0.3) is 0 Å². The highest BCUT2D eigenvalue weighted by molar-refractivity contribution is 4.96. The van der Waals surface area contributed by atoms with Crippen molar-refractivity contribution in [2.75, 3.05) is 26.2 Å². The Morgan fingerprint density at radius 3 is 2.75 bits per heavy atom. The van der Waals surface area contributed by atoms with Crippen molar-refractivity contribution in [1.82, 2.24) is 10.6 Å². The molecule has 0 bridgehead atoms. The van der Waals surface area contributed by atoms with E-state index in [2.05, 4.69) is 24.5 Å². The van der Waals surface area contributed by atoms with Crippen LogP contribution in [0.5, 0.6) is 0 Å². The maximum Gasteiger partial charge on any atom is 0.0442 e. The van der Waals surface area contributed by atoms with E-state index >= 15 is 0 Å². The van der Waals surface area contributed by atoms with Gasteiger partial charge in [0.15, 0.2) is 0 Å². The summed E-state index contributed by atoms with van der Waals surface area (Å²) in [5.74, 6) is 0.703. The van der Waals surface area contributed by atoms with Crippen molar-refractivity contribution >= 4 is 0 Å². The highest BCUT2D eigenvalue weighted by Gasteiger charge is 2.31. The number of nitrogens with one attached hydrogen (secondary N) is 2. The van der Waals surface area contributed by atoms with E-state index in [1.54, 1.807) is 0 Å². The van der Waals surface area contributed by atoms with Gasteiger partial charge in [-0.1, -0.05) is 13.8 Å². The Balaban J connectivity index is 2.34. The Hall–Kier alpha value is -0.120. The second-order valence-corrected chi connectivity index (χ2v) is 4.19. The summed E-state index contributed by atoms with van der Waals surface area (Å²) in [6, 6.07) is 0. The number of rotatable bonds is 4. The molecule has 0 amide bonds. The maximum atomic E-state index is 5.75. The summed E-state index contributed by atoms with van der Waals surface area (Å²) in [5, 5.41) is 6.90. The Kier molecular flexibility index (Phi) is 3.50. The first-order chi connectivity index (χ1) is 5.68. The Morgan fingerprint density at radius 2 is 2.33 bits per heavy atom. The van der Waals surface area contributed by atoms with Gasteiger partial charge in [-0.15, -0.1) is 0 Å². The molecule has 3 nitrogen and oxygen atoms in total. The van der Waals surface area contributed by atoms with Gasteiger partial charge in [0, 0.05) is 18.6 Å². The molecule has 12 heavy (non-hydrogen) atoms. The molecule has 0 aromatic heterocycles. The Bertz CT molecular complexity index is 128. The molecule has 0 radical (unpaired) electrons. The smallest absolute Gasteiger partial charge is 0.0442 e. The first kappa shape index (κ1) is 9.96. The minimum atomic E-state index is 0.185. The van der Waals surface area contributed by atoms with Crippen LogP contribution in [0.1, 0.15) is 20.3 Å². The van der Waals surface area contributed by atoms with Gasteiger partial charge >= 0.3 is 0 Å². The fourth-order valence-electron chi connectivity index (χ4n) is 1.56. The molecule has 1 saturated heterocycles. The van der Waals surface area contributed by atoms with Gasteiger partial charge in [0.05, 0.1) is 0 Å². The van der Waals surface area contributed by atoms with Crippen LogP contribution >= 0.6 is 0 Å². The molecule has 4 N–H and O–H groups in total. The summed E-state index contributed by atoms with van der Waals surface area (Å²) >= 11 is 0. The van der Waals surface area contributed by atoms with Gasteiger partial charge < -0.3 is 16.4 Å². The zero-order valence-corrected chi connectivity index (χ0v) is 8.19. The molecule has 0 aromatic rings.